The summed E-state index contributed by atoms with van der Waals surface area (Å²) in [5.41, 5.74) is 8.43. The molecule has 0 unspecified atom stereocenters. The van der Waals surface area contributed by atoms with Crippen molar-refractivity contribution in [2.24, 2.45) is 11.7 Å². The third-order valence-electron chi connectivity index (χ3n) is 3.39. The lowest BCUT2D eigenvalue weighted by molar-refractivity contribution is 0.353. The molecular formula is C15H22N2. The maximum absolute atomic E-state index is 5.71. The predicted octanol–water partition coefficient (Wildman–Crippen LogP) is 2.37. The molecule has 92 valence electrons. The van der Waals surface area contributed by atoms with Gasteiger partial charge in [-0.25, -0.2) is 0 Å². The minimum absolute atomic E-state index is 0.708. The zero-order valence-corrected chi connectivity index (χ0v) is 10.6. The van der Waals surface area contributed by atoms with Crippen LogP contribution in [0.5, 0.6) is 0 Å². The second kappa shape index (κ2) is 5.99. The summed E-state index contributed by atoms with van der Waals surface area (Å²) in [4.78, 5) is 2.51. The quantitative estimate of drug-likeness (QED) is 0.860. The van der Waals surface area contributed by atoms with Crippen molar-refractivity contribution in [3.63, 3.8) is 0 Å². The van der Waals surface area contributed by atoms with Crippen molar-refractivity contribution in [3.05, 3.63) is 41.5 Å². The third kappa shape index (κ3) is 3.69. The number of benzene rings is 1. The van der Waals surface area contributed by atoms with E-state index in [-0.39, 0.29) is 0 Å². The number of nitrogens with zero attached hydrogens (tertiary/aromatic N) is 1. The van der Waals surface area contributed by atoms with E-state index < -0.39 is 0 Å². The third-order valence-corrected chi connectivity index (χ3v) is 3.39. The Bertz CT molecular complexity index is 370. The Hall–Kier alpha value is -1.12. The zero-order chi connectivity index (χ0) is 12.1. The van der Waals surface area contributed by atoms with Crippen LogP contribution < -0.4 is 5.73 Å². The Morgan fingerprint density at radius 1 is 1.41 bits per heavy atom. The van der Waals surface area contributed by atoms with E-state index >= 15 is 0 Å². The molecular weight excluding hydrogens is 208 g/mol. The van der Waals surface area contributed by atoms with Crippen molar-refractivity contribution in [2.75, 3.05) is 26.2 Å². The molecule has 1 heterocycles. The van der Waals surface area contributed by atoms with Gasteiger partial charge >= 0.3 is 0 Å². The lowest BCUT2D eigenvalue weighted by atomic mass is 10.1. The minimum atomic E-state index is 0.708. The largest absolute Gasteiger partial charge is 0.330 e. The summed E-state index contributed by atoms with van der Waals surface area (Å²) in [6, 6.07) is 10.5. The van der Waals surface area contributed by atoms with Gasteiger partial charge in [0.05, 0.1) is 0 Å². The molecule has 0 radical (unpaired) electrons. The molecule has 0 bridgehead atoms. The molecule has 0 amide bonds. The van der Waals surface area contributed by atoms with Crippen LogP contribution in [0.1, 0.15) is 18.9 Å². The zero-order valence-electron chi connectivity index (χ0n) is 10.6. The van der Waals surface area contributed by atoms with Gasteiger partial charge in [-0.1, -0.05) is 42.0 Å². The Morgan fingerprint density at radius 2 is 2.18 bits per heavy atom. The van der Waals surface area contributed by atoms with Crippen LogP contribution in [0.2, 0.25) is 0 Å². The molecule has 1 aromatic rings. The average molecular weight is 230 g/mol. The molecule has 1 fully saturated rings. The highest BCUT2D eigenvalue weighted by Crippen LogP contribution is 2.16. The van der Waals surface area contributed by atoms with Gasteiger partial charge in [0.25, 0.3) is 0 Å². The van der Waals surface area contributed by atoms with Crippen LogP contribution >= 0.6 is 0 Å². The van der Waals surface area contributed by atoms with Crippen molar-refractivity contribution in [1.82, 2.24) is 4.90 Å². The molecule has 0 saturated carbocycles. The lowest BCUT2D eigenvalue weighted by Crippen LogP contribution is -2.24. The van der Waals surface area contributed by atoms with Gasteiger partial charge in [0.15, 0.2) is 0 Å². The summed E-state index contributed by atoms with van der Waals surface area (Å²) in [6.07, 6.45) is 3.53. The molecule has 2 N–H and O–H groups in total. The fourth-order valence-electron chi connectivity index (χ4n) is 2.48. The number of nitrogens with two attached hydrogens (primary N) is 1. The van der Waals surface area contributed by atoms with E-state index in [1.165, 1.54) is 24.1 Å². The van der Waals surface area contributed by atoms with Gasteiger partial charge in [0, 0.05) is 13.1 Å². The summed E-state index contributed by atoms with van der Waals surface area (Å²) in [6.45, 7) is 6.48. The molecule has 1 aliphatic rings. The van der Waals surface area contributed by atoms with Crippen molar-refractivity contribution in [2.45, 2.75) is 13.3 Å². The average Bonchev–Trinajstić information content (AvgIpc) is 2.78. The highest BCUT2D eigenvalue weighted by atomic mass is 15.1. The standard InChI is InChI=1S/C15H22N2/c1-13(9-14-5-3-2-4-6-14)11-17-8-7-15(10-16)12-17/h2-6,9,15H,7-8,10-12,16H2,1H3/b13-9+/t15-/m1/s1. The molecule has 17 heavy (non-hydrogen) atoms. The monoisotopic (exact) mass is 230 g/mol. The van der Waals surface area contributed by atoms with Crippen LogP contribution in [-0.4, -0.2) is 31.1 Å². The van der Waals surface area contributed by atoms with Crippen LogP contribution in [0, 0.1) is 5.92 Å². The first-order valence-electron chi connectivity index (χ1n) is 6.42. The first kappa shape index (κ1) is 12.3. The maximum atomic E-state index is 5.71. The molecule has 1 saturated heterocycles. The van der Waals surface area contributed by atoms with Gasteiger partial charge in [-0.05, 0) is 37.9 Å². The molecule has 0 aromatic heterocycles. The fraction of sp³-hybridized carbons (Fsp3) is 0.467. The van der Waals surface area contributed by atoms with Crippen molar-refractivity contribution in [3.8, 4) is 0 Å². The summed E-state index contributed by atoms with van der Waals surface area (Å²) >= 11 is 0. The first-order chi connectivity index (χ1) is 8.28. The molecule has 2 rings (SSSR count). The minimum Gasteiger partial charge on any atom is -0.330 e. The van der Waals surface area contributed by atoms with Crippen LogP contribution in [0.4, 0.5) is 0 Å². The molecule has 2 heteroatoms. The molecule has 0 spiro atoms. The highest BCUT2D eigenvalue weighted by Gasteiger charge is 2.20. The highest BCUT2D eigenvalue weighted by molar-refractivity contribution is 5.52. The van der Waals surface area contributed by atoms with Crippen LogP contribution in [0.3, 0.4) is 0 Å². The van der Waals surface area contributed by atoms with Crippen molar-refractivity contribution >= 4 is 6.08 Å². The molecule has 1 aromatic carbocycles. The Morgan fingerprint density at radius 3 is 2.82 bits per heavy atom. The summed E-state index contributed by atoms with van der Waals surface area (Å²) in [5.74, 6) is 0.708. The fourth-order valence-corrected chi connectivity index (χ4v) is 2.48. The van der Waals surface area contributed by atoms with Crippen LogP contribution in [-0.2, 0) is 0 Å². The molecule has 2 nitrogen and oxygen atoms in total. The Kier molecular flexibility index (Phi) is 4.35. The van der Waals surface area contributed by atoms with Crippen LogP contribution in [0.15, 0.2) is 35.9 Å². The summed E-state index contributed by atoms with van der Waals surface area (Å²) in [7, 11) is 0. The predicted molar refractivity (Wildman–Crippen MR) is 73.7 cm³/mol. The topological polar surface area (TPSA) is 29.3 Å². The van der Waals surface area contributed by atoms with Crippen LogP contribution in [0.25, 0.3) is 6.08 Å². The Balaban J connectivity index is 1.89. The second-order valence-electron chi connectivity index (χ2n) is 5.03. The smallest absolute Gasteiger partial charge is 0.0193 e. The number of hydrogen-bond acceptors (Lipinski definition) is 2. The maximum Gasteiger partial charge on any atom is 0.0193 e. The first-order valence-corrected chi connectivity index (χ1v) is 6.42. The van der Waals surface area contributed by atoms with E-state index in [2.05, 4.69) is 48.2 Å². The summed E-state index contributed by atoms with van der Waals surface area (Å²) in [5, 5.41) is 0. The van der Waals surface area contributed by atoms with E-state index in [0.717, 1.165) is 19.6 Å². The summed E-state index contributed by atoms with van der Waals surface area (Å²) < 4.78 is 0. The number of rotatable bonds is 4. The van der Waals surface area contributed by atoms with Crippen molar-refractivity contribution < 1.29 is 0 Å². The number of likely N-dealkylation sites (tertiary alicyclic amines) is 1. The van der Waals surface area contributed by atoms with E-state index in [1.807, 2.05) is 0 Å². The van der Waals surface area contributed by atoms with Gasteiger partial charge in [-0.15, -0.1) is 0 Å². The molecule has 1 atom stereocenters. The van der Waals surface area contributed by atoms with Gasteiger partial charge in [0.1, 0.15) is 0 Å². The van der Waals surface area contributed by atoms with E-state index in [4.69, 9.17) is 5.73 Å². The second-order valence-corrected chi connectivity index (χ2v) is 5.03. The molecule has 1 aliphatic heterocycles. The SMILES string of the molecule is C/C(=C\c1ccccc1)CN1CC[C@H](CN)C1. The van der Waals surface area contributed by atoms with Crippen molar-refractivity contribution in [1.29, 1.82) is 0 Å². The van der Waals surface area contributed by atoms with E-state index in [1.54, 1.807) is 0 Å². The lowest BCUT2D eigenvalue weighted by Gasteiger charge is -2.16. The molecule has 0 aliphatic carbocycles. The Labute approximate surface area is 104 Å². The van der Waals surface area contributed by atoms with Gasteiger partial charge in [0.2, 0.25) is 0 Å². The number of hydrogen-bond donors (Lipinski definition) is 1. The van der Waals surface area contributed by atoms with Gasteiger partial charge < -0.3 is 5.73 Å². The van der Waals surface area contributed by atoms with Gasteiger partial charge in [-0.3, -0.25) is 4.90 Å². The van der Waals surface area contributed by atoms with E-state index in [9.17, 15) is 0 Å². The normalized spacial score (nSPS) is 22.0. The van der Waals surface area contributed by atoms with Gasteiger partial charge in [-0.2, -0.15) is 0 Å². The van der Waals surface area contributed by atoms with E-state index in [0.29, 0.717) is 5.92 Å².